The van der Waals surface area contributed by atoms with Crippen molar-refractivity contribution in [2.45, 2.75) is 38.6 Å². The number of halogens is 1. The molecule has 1 saturated carbocycles. The first-order valence-electron chi connectivity index (χ1n) is 4.66. The van der Waals surface area contributed by atoms with Gasteiger partial charge in [0.25, 0.3) is 0 Å². The molecule has 1 rings (SSSR count). The summed E-state index contributed by atoms with van der Waals surface area (Å²) in [5.41, 5.74) is 5.78. The summed E-state index contributed by atoms with van der Waals surface area (Å²) in [6.45, 7) is 3.85. The zero-order valence-electron chi connectivity index (χ0n) is 7.79. The van der Waals surface area contributed by atoms with Crippen LogP contribution in [-0.2, 0) is 4.74 Å². The summed E-state index contributed by atoms with van der Waals surface area (Å²) in [7, 11) is 0. The van der Waals surface area contributed by atoms with Crippen LogP contribution in [0.15, 0.2) is 0 Å². The summed E-state index contributed by atoms with van der Waals surface area (Å²) < 4.78 is 5.37. The predicted octanol–water partition coefficient (Wildman–Crippen LogP) is 1.96. The molecule has 0 aromatic heterocycles. The molecule has 3 heteroatoms. The lowest BCUT2D eigenvalue weighted by Crippen LogP contribution is -2.28. The third-order valence-corrected chi connectivity index (χ3v) is 2.45. The van der Waals surface area contributed by atoms with Gasteiger partial charge in [-0.1, -0.05) is 0 Å². The minimum Gasteiger partial charge on any atom is -0.381 e. The fourth-order valence-electron chi connectivity index (χ4n) is 1.64. The molecular formula is C9H20ClNO. The van der Waals surface area contributed by atoms with E-state index in [1.165, 1.54) is 25.7 Å². The zero-order chi connectivity index (χ0) is 8.10. The highest BCUT2D eigenvalue weighted by atomic mass is 35.5. The molecule has 0 atom stereocenters. The van der Waals surface area contributed by atoms with E-state index in [1.807, 2.05) is 0 Å². The maximum absolute atomic E-state index is 5.78. The Labute approximate surface area is 81.3 Å². The van der Waals surface area contributed by atoms with E-state index in [2.05, 4.69) is 6.92 Å². The Bertz CT molecular complexity index is 99.9. The van der Waals surface area contributed by atoms with Crippen LogP contribution in [0.4, 0.5) is 0 Å². The molecule has 0 spiro atoms. The van der Waals surface area contributed by atoms with Crippen molar-refractivity contribution in [3.8, 4) is 0 Å². The van der Waals surface area contributed by atoms with E-state index in [9.17, 15) is 0 Å². The van der Waals surface area contributed by atoms with Crippen LogP contribution in [-0.4, -0.2) is 19.3 Å². The van der Waals surface area contributed by atoms with Crippen LogP contribution in [0.5, 0.6) is 0 Å². The summed E-state index contributed by atoms with van der Waals surface area (Å²) >= 11 is 0. The Morgan fingerprint density at radius 3 is 2.33 bits per heavy atom. The summed E-state index contributed by atoms with van der Waals surface area (Å²) in [5.74, 6) is 0.787. The van der Waals surface area contributed by atoms with Crippen molar-refractivity contribution in [3.05, 3.63) is 0 Å². The van der Waals surface area contributed by atoms with Crippen LogP contribution in [0.25, 0.3) is 0 Å². The largest absolute Gasteiger partial charge is 0.381 e. The van der Waals surface area contributed by atoms with Crippen LogP contribution in [0.1, 0.15) is 32.6 Å². The molecule has 0 saturated heterocycles. The van der Waals surface area contributed by atoms with Gasteiger partial charge in [-0.05, 0) is 38.5 Å². The van der Waals surface area contributed by atoms with E-state index in [1.54, 1.807) is 0 Å². The molecule has 74 valence electrons. The SMILES string of the molecule is CCOCC1CCC(N)CC1.Cl. The molecule has 1 aliphatic rings. The topological polar surface area (TPSA) is 35.2 Å². The molecule has 0 aliphatic heterocycles. The van der Waals surface area contributed by atoms with Gasteiger partial charge >= 0.3 is 0 Å². The monoisotopic (exact) mass is 193 g/mol. The highest BCUT2D eigenvalue weighted by Gasteiger charge is 2.17. The lowest BCUT2D eigenvalue weighted by atomic mass is 9.87. The van der Waals surface area contributed by atoms with Gasteiger partial charge in [-0.2, -0.15) is 0 Å². The van der Waals surface area contributed by atoms with Crippen molar-refractivity contribution in [2.75, 3.05) is 13.2 Å². The van der Waals surface area contributed by atoms with Gasteiger partial charge in [-0.3, -0.25) is 0 Å². The molecule has 12 heavy (non-hydrogen) atoms. The molecule has 2 nitrogen and oxygen atoms in total. The molecular weight excluding hydrogens is 174 g/mol. The average molecular weight is 194 g/mol. The lowest BCUT2D eigenvalue weighted by Gasteiger charge is -2.25. The van der Waals surface area contributed by atoms with Gasteiger partial charge in [0, 0.05) is 19.3 Å². The average Bonchev–Trinajstić information content (AvgIpc) is 2.04. The number of rotatable bonds is 3. The first-order valence-corrected chi connectivity index (χ1v) is 4.66. The van der Waals surface area contributed by atoms with Crippen LogP contribution in [0.2, 0.25) is 0 Å². The smallest absolute Gasteiger partial charge is 0.0494 e. The van der Waals surface area contributed by atoms with Gasteiger partial charge in [0.1, 0.15) is 0 Å². The lowest BCUT2D eigenvalue weighted by molar-refractivity contribution is 0.0923. The van der Waals surface area contributed by atoms with Gasteiger partial charge in [-0.25, -0.2) is 0 Å². The third kappa shape index (κ3) is 4.29. The Kier molecular flexibility index (Phi) is 6.81. The third-order valence-electron chi connectivity index (χ3n) is 2.45. The van der Waals surface area contributed by atoms with Gasteiger partial charge in [-0.15, -0.1) is 12.4 Å². The molecule has 0 bridgehead atoms. The van der Waals surface area contributed by atoms with E-state index in [4.69, 9.17) is 10.5 Å². The number of nitrogens with two attached hydrogens (primary N) is 1. The standard InChI is InChI=1S/C9H19NO.ClH/c1-2-11-7-8-3-5-9(10)6-4-8;/h8-9H,2-7,10H2,1H3;1H. The zero-order valence-corrected chi connectivity index (χ0v) is 8.61. The Hall–Kier alpha value is 0.210. The van der Waals surface area contributed by atoms with Crippen LogP contribution in [0, 0.1) is 5.92 Å². The normalized spacial score (nSPS) is 29.5. The minimum atomic E-state index is 0. The highest BCUT2D eigenvalue weighted by molar-refractivity contribution is 5.85. The minimum absolute atomic E-state index is 0. The molecule has 0 heterocycles. The van der Waals surface area contributed by atoms with E-state index >= 15 is 0 Å². The van der Waals surface area contributed by atoms with Crippen molar-refractivity contribution in [1.29, 1.82) is 0 Å². The van der Waals surface area contributed by atoms with E-state index in [0.29, 0.717) is 6.04 Å². The molecule has 0 amide bonds. The van der Waals surface area contributed by atoms with Crippen molar-refractivity contribution in [2.24, 2.45) is 11.7 Å². The summed E-state index contributed by atoms with van der Waals surface area (Å²) in [6, 6.07) is 0.466. The van der Waals surface area contributed by atoms with E-state index in [-0.39, 0.29) is 12.4 Å². The van der Waals surface area contributed by atoms with Gasteiger partial charge < -0.3 is 10.5 Å². The second-order valence-corrected chi connectivity index (χ2v) is 3.44. The first kappa shape index (κ1) is 12.2. The van der Waals surface area contributed by atoms with E-state index in [0.717, 1.165) is 19.1 Å². The predicted molar refractivity (Wildman–Crippen MR) is 53.7 cm³/mol. The quantitative estimate of drug-likeness (QED) is 0.744. The van der Waals surface area contributed by atoms with Gasteiger partial charge in [0.15, 0.2) is 0 Å². The molecule has 1 fully saturated rings. The number of hydrogen-bond donors (Lipinski definition) is 1. The molecule has 1 aliphatic carbocycles. The van der Waals surface area contributed by atoms with Crippen LogP contribution < -0.4 is 5.73 Å². The van der Waals surface area contributed by atoms with Crippen LogP contribution >= 0.6 is 12.4 Å². The van der Waals surface area contributed by atoms with Crippen molar-refractivity contribution < 1.29 is 4.74 Å². The fraction of sp³-hybridized carbons (Fsp3) is 1.00. The Morgan fingerprint density at radius 1 is 1.25 bits per heavy atom. The summed E-state index contributed by atoms with van der Waals surface area (Å²) in [5, 5.41) is 0. The Balaban J connectivity index is 0.00000121. The highest BCUT2D eigenvalue weighted by Crippen LogP contribution is 2.22. The molecule has 2 N–H and O–H groups in total. The van der Waals surface area contributed by atoms with E-state index < -0.39 is 0 Å². The van der Waals surface area contributed by atoms with Crippen molar-refractivity contribution in [1.82, 2.24) is 0 Å². The Morgan fingerprint density at radius 2 is 1.83 bits per heavy atom. The van der Waals surface area contributed by atoms with Gasteiger partial charge in [0.2, 0.25) is 0 Å². The fourth-order valence-corrected chi connectivity index (χ4v) is 1.64. The van der Waals surface area contributed by atoms with Crippen molar-refractivity contribution in [3.63, 3.8) is 0 Å². The number of ether oxygens (including phenoxy) is 1. The van der Waals surface area contributed by atoms with Crippen LogP contribution in [0.3, 0.4) is 0 Å². The first-order chi connectivity index (χ1) is 5.33. The summed E-state index contributed by atoms with van der Waals surface area (Å²) in [4.78, 5) is 0. The molecule has 0 unspecified atom stereocenters. The maximum atomic E-state index is 5.78. The second kappa shape index (κ2) is 6.70. The summed E-state index contributed by atoms with van der Waals surface area (Å²) in [6.07, 6.45) is 4.91. The second-order valence-electron chi connectivity index (χ2n) is 3.44. The molecule has 0 aromatic carbocycles. The van der Waals surface area contributed by atoms with Crippen molar-refractivity contribution >= 4 is 12.4 Å². The maximum Gasteiger partial charge on any atom is 0.0494 e. The van der Waals surface area contributed by atoms with Gasteiger partial charge in [0.05, 0.1) is 0 Å². The number of hydrogen-bond acceptors (Lipinski definition) is 2. The molecule has 0 radical (unpaired) electrons. The molecule has 0 aromatic rings.